The molecule has 18 heavy (non-hydrogen) atoms. The minimum absolute atomic E-state index is 0.109. The van der Waals surface area contributed by atoms with Crippen molar-refractivity contribution in [3.8, 4) is 0 Å². The highest BCUT2D eigenvalue weighted by Crippen LogP contribution is 2.28. The molecule has 1 atom stereocenters. The van der Waals surface area contributed by atoms with Crippen LogP contribution in [0.2, 0.25) is 10.0 Å². The van der Waals surface area contributed by atoms with Crippen LogP contribution in [-0.2, 0) is 6.42 Å². The molecule has 0 saturated carbocycles. The van der Waals surface area contributed by atoms with E-state index in [1.807, 2.05) is 31.3 Å². The summed E-state index contributed by atoms with van der Waals surface area (Å²) in [5.41, 5.74) is 2.00. The van der Waals surface area contributed by atoms with Crippen molar-refractivity contribution in [1.29, 1.82) is 0 Å². The highest BCUT2D eigenvalue weighted by molar-refractivity contribution is 6.36. The van der Waals surface area contributed by atoms with E-state index >= 15 is 0 Å². The summed E-state index contributed by atoms with van der Waals surface area (Å²) < 4.78 is 0. The molecule has 2 aromatic rings. The summed E-state index contributed by atoms with van der Waals surface area (Å²) in [6, 6.07) is 7.58. The van der Waals surface area contributed by atoms with Crippen molar-refractivity contribution in [3.05, 3.63) is 57.8 Å². The molecular formula is C13H13Cl2N3. The van der Waals surface area contributed by atoms with Gasteiger partial charge in [-0.15, -0.1) is 0 Å². The number of rotatable bonds is 4. The van der Waals surface area contributed by atoms with Crippen LogP contribution in [0.5, 0.6) is 0 Å². The Balaban J connectivity index is 2.26. The highest BCUT2D eigenvalue weighted by Gasteiger charge is 2.14. The number of nitrogens with zero attached hydrogens (tertiary/aromatic N) is 2. The Labute approximate surface area is 116 Å². The van der Waals surface area contributed by atoms with Gasteiger partial charge in [-0.05, 0) is 42.8 Å². The fourth-order valence-electron chi connectivity index (χ4n) is 1.83. The van der Waals surface area contributed by atoms with Gasteiger partial charge < -0.3 is 5.32 Å². The molecule has 2 rings (SSSR count). The molecule has 0 bridgehead atoms. The number of benzene rings is 1. The van der Waals surface area contributed by atoms with E-state index in [4.69, 9.17) is 23.2 Å². The first kappa shape index (κ1) is 13.3. The Hall–Kier alpha value is -1.16. The maximum atomic E-state index is 6.18. The molecule has 0 aliphatic rings. The molecule has 1 heterocycles. The number of nitrogens with one attached hydrogen (secondary N) is 1. The number of aromatic nitrogens is 2. The van der Waals surface area contributed by atoms with Gasteiger partial charge in [0.2, 0.25) is 0 Å². The molecule has 1 unspecified atom stereocenters. The van der Waals surface area contributed by atoms with Crippen LogP contribution < -0.4 is 5.32 Å². The predicted octanol–water partition coefficient (Wildman–Crippen LogP) is 3.29. The predicted molar refractivity (Wildman–Crippen MR) is 74.0 cm³/mol. The third-order valence-electron chi connectivity index (χ3n) is 2.83. The molecule has 0 fully saturated rings. The van der Waals surface area contributed by atoms with Gasteiger partial charge in [-0.3, -0.25) is 0 Å². The van der Waals surface area contributed by atoms with Crippen molar-refractivity contribution in [2.75, 3.05) is 7.05 Å². The number of hydrogen-bond donors (Lipinski definition) is 1. The highest BCUT2D eigenvalue weighted by atomic mass is 35.5. The Morgan fingerprint density at radius 3 is 2.44 bits per heavy atom. The van der Waals surface area contributed by atoms with Crippen molar-refractivity contribution < 1.29 is 0 Å². The lowest BCUT2D eigenvalue weighted by Crippen LogP contribution is -2.19. The first-order valence-corrected chi connectivity index (χ1v) is 6.34. The Morgan fingerprint density at radius 1 is 1.17 bits per heavy atom. The first-order chi connectivity index (χ1) is 8.72. The van der Waals surface area contributed by atoms with Gasteiger partial charge in [0.05, 0.1) is 6.20 Å². The van der Waals surface area contributed by atoms with Gasteiger partial charge in [0.1, 0.15) is 0 Å². The minimum atomic E-state index is 0.109. The van der Waals surface area contributed by atoms with Gasteiger partial charge in [-0.25, -0.2) is 0 Å². The molecule has 0 aliphatic carbocycles. The van der Waals surface area contributed by atoms with Crippen molar-refractivity contribution in [1.82, 2.24) is 15.5 Å². The van der Waals surface area contributed by atoms with Gasteiger partial charge in [0.15, 0.2) is 0 Å². The largest absolute Gasteiger partial charge is 0.313 e. The molecule has 0 radical (unpaired) electrons. The lowest BCUT2D eigenvalue weighted by Gasteiger charge is -2.17. The molecule has 5 heteroatoms. The summed E-state index contributed by atoms with van der Waals surface area (Å²) in [5.74, 6) is 0. The summed E-state index contributed by atoms with van der Waals surface area (Å²) in [6.07, 6.45) is 4.13. The molecule has 3 nitrogen and oxygen atoms in total. The third kappa shape index (κ3) is 2.99. The average Bonchev–Trinajstić information content (AvgIpc) is 2.40. The van der Waals surface area contributed by atoms with Gasteiger partial charge in [0, 0.05) is 22.3 Å². The summed E-state index contributed by atoms with van der Waals surface area (Å²) in [7, 11) is 1.90. The molecule has 1 aromatic carbocycles. The van der Waals surface area contributed by atoms with Gasteiger partial charge >= 0.3 is 0 Å². The second-order valence-corrected chi connectivity index (χ2v) is 4.74. The van der Waals surface area contributed by atoms with Crippen LogP contribution in [0.1, 0.15) is 17.2 Å². The fourth-order valence-corrected chi connectivity index (χ4v) is 2.38. The van der Waals surface area contributed by atoms with E-state index in [0.717, 1.165) is 11.1 Å². The Bertz CT molecular complexity index is 497. The number of hydrogen-bond acceptors (Lipinski definition) is 3. The van der Waals surface area contributed by atoms with Crippen molar-refractivity contribution in [3.63, 3.8) is 0 Å². The van der Waals surface area contributed by atoms with Gasteiger partial charge in [0.25, 0.3) is 0 Å². The third-order valence-corrected chi connectivity index (χ3v) is 3.54. The van der Waals surface area contributed by atoms with Crippen LogP contribution >= 0.6 is 23.2 Å². The van der Waals surface area contributed by atoms with E-state index in [0.29, 0.717) is 16.5 Å². The molecule has 0 saturated heterocycles. The van der Waals surface area contributed by atoms with Crippen molar-refractivity contribution in [2.24, 2.45) is 0 Å². The van der Waals surface area contributed by atoms with E-state index in [1.54, 1.807) is 12.4 Å². The zero-order valence-electron chi connectivity index (χ0n) is 9.90. The van der Waals surface area contributed by atoms with Crippen molar-refractivity contribution in [2.45, 2.75) is 12.5 Å². The van der Waals surface area contributed by atoms with Crippen LogP contribution in [-0.4, -0.2) is 17.2 Å². The van der Waals surface area contributed by atoms with E-state index in [-0.39, 0.29) is 6.04 Å². The van der Waals surface area contributed by atoms with Crippen LogP contribution in [0.15, 0.2) is 36.7 Å². The molecule has 1 N–H and O–H groups in total. The molecule has 0 spiro atoms. The summed E-state index contributed by atoms with van der Waals surface area (Å²) in [4.78, 5) is 0. The number of likely N-dealkylation sites (N-methyl/N-ethyl adjacent to an activating group) is 1. The fraction of sp³-hybridized carbons (Fsp3) is 0.231. The molecule has 94 valence electrons. The molecular weight excluding hydrogens is 269 g/mol. The summed E-state index contributed by atoms with van der Waals surface area (Å²) in [5, 5.41) is 12.3. The molecule has 0 amide bonds. The zero-order chi connectivity index (χ0) is 13.0. The van der Waals surface area contributed by atoms with Gasteiger partial charge in [-0.2, -0.15) is 10.2 Å². The van der Waals surface area contributed by atoms with Crippen LogP contribution in [0.4, 0.5) is 0 Å². The van der Waals surface area contributed by atoms with E-state index < -0.39 is 0 Å². The normalized spacial score (nSPS) is 12.4. The lowest BCUT2D eigenvalue weighted by molar-refractivity contribution is 0.588. The maximum absolute atomic E-state index is 6.18. The molecule has 1 aromatic heterocycles. The maximum Gasteiger partial charge on any atom is 0.0544 e. The average molecular weight is 282 g/mol. The topological polar surface area (TPSA) is 37.8 Å². The Kier molecular flexibility index (Phi) is 4.53. The smallest absolute Gasteiger partial charge is 0.0544 e. The second-order valence-electron chi connectivity index (χ2n) is 3.92. The first-order valence-electron chi connectivity index (χ1n) is 5.59. The SMILES string of the molecule is CNC(Cc1c(Cl)cccc1Cl)c1ccnnc1. The van der Waals surface area contributed by atoms with Gasteiger partial charge in [-0.1, -0.05) is 29.3 Å². The quantitative estimate of drug-likeness (QED) is 0.935. The van der Waals surface area contributed by atoms with E-state index in [2.05, 4.69) is 15.5 Å². The number of halogens is 2. The monoisotopic (exact) mass is 281 g/mol. The molecule has 0 aliphatic heterocycles. The lowest BCUT2D eigenvalue weighted by atomic mass is 10.0. The summed E-state index contributed by atoms with van der Waals surface area (Å²) >= 11 is 12.4. The van der Waals surface area contributed by atoms with E-state index in [1.165, 1.54) is 0 Å². The zero-order valence-corrected chi connectivity index (χ0v) is 11.4. The van der Waals surface area contributed by atoms with Crippen LogP contribution in [0.25, 0.3) is 0 Å². The summed E-state index contributed by atoms with van der Waals surface area (Å²) in [6.45, 7) is 0. The second kappa shape index (κ2) is 6.14. The van der Waals surface area contributed by atoms with E-state index in [9.17, 15) is 0 Å². The van der Waals surface area contributed by atoms with Crippen molar-refractivity contribution >= 4 is 23.2 Å². The Morgan fingerprint density at radius 2 is 1.89 bits per heavy atom. The van der Waals surface area contributed by atoms with Crippen LogP contribution in [0.3, 0.4) is 0 Å². The standard InChI is InChI=1S/C13H13Cl2N3/c1-16-13(9-5-6-17-18-8-9)7-10-11(14)3-2-4-12(10)15/h2-6,8,13,16H,7H2,1H3. The van der Waals surface area contributed by atoms with Crippen LogP contribution in [0, 0.1) is 0 Å². The minimum Gasteiger partial charge on any atom is -0.313 e.